The van der Waals surface area contributed by atoms with Crippen LogP contribution >= 0.6 is 0 Å². The Morgan fingerprint density at radius 3 is 1.00 bits per heavy atom. The molecule has 0 aliphatic carbocycles. The van der Waals surface area contributed by atoms with Crippen LogP contribution in [-0.2, 0) is 0 Å². The van der Waals surface area contributed by atoms with Gasteiger partial charge >= 0.3 is 0 Å². The van der Waals surface area contributed by atoms with Gasteiger partial charge in [0.25, 0.3) is 16.6 Å². The van der Waals surface area contributed by atoms with Gasteiger partial charge in [-0.05, 0) is 58.8 Å². The molecule has 3 aromatic rings. The Bertz CT molecular complexity index is 866. The first-order chi connectivity index (χ1) is 16.6. The van der Waals surface area contributed by atoms with Gasteiger partial charge in [-0.2, -0.15) is 0 Å². The number of hydrogen-bond acceptors (Lipinski definition) is 2. The molecule has 0 heterocycles. The van der Waals surface area contributed by atoms with E-state index in [0.717, 1.165) is 61.4 Å². The lowest BCUT2D eigenvalue weighted by Crippen LogP contribution is -2.56. The van der Waals surface area contributed by atoms with Gasteiger partial charge in [0, 0.05) is 0 Å². The second-order valence-corrected chi connectivity index (χ2v) is 16.9. The average molecular weight is 491 g/mol. The van der Waals surface area contributed by atoms with Gasteiger partial charge in [-0.25, -0.2) is 0 Å². The second kappa shape index (κ2) is 13.0. The predicted molar refractivity (Wildman–Crippen MR) is 152 cm³/mol. The van der Waals surface area contributed by atoms with E-state index in [1.165, 1.54) is 10.4 Å². The minimum Gasteiger partial charge on any atom is -0.539 e. The van der Waals surface area contributed by atoms with Gasteiger partial charge < -0.3 is 8.85 Å². The van der Waals surface area contributed by atoms with E-state index in [2.05, 4.69) is 113 Å². The van der Waals surface area contributed by atoms with Gasteiger partial charge in [0.1, 0.15) is 11.5 Å². The van der Waals surface area contributed by atoms with E-state index in [9.17, 15) is 0 Å². The van der Waals surface area contributed by atoms with E-state index in [4.69, 9.17) is 8.85 Å². The molecule has 0 radical (unpaired) electrons. The third kappa shape index (κ3) is 6.42. The first kappa shape index (κ1) is 26.3. The SMILES string of the molecule is CCC[Si](CCC)(Oc1ccccc1)c1ccc([Si](CCC)(CCC)Oc2ccccc2)cc1. The van der Waals surface area contributed by atoms with Crippen molar-refractivity contribution in [3.63, 3.8) is 0 Å². The highest BCUT2D eigenvalue weighted by Gasteiger charge is 2.40. The molecule has 0 amide bonds. The van der Waals surface area contributed by atoms with E-state index >= 15 is 0 Å². The number of hydrogen-bond donors (Lipinski definition) is 0. The number of para-hydroxylation sites is 2. The highest BCUT2D eigenvalue weighted by molar-refractivity contribution is 6.88. The van der Waals surface area contributed by atoms with Crippen LogP contribution in [-0.4, -0.2) is 16.6 Å². The molecule has 0 aromatic heterocycles. The van der Waals surface area contributed by atoms with Crippen LogP contribution in [0.5, 0.6) is 11.5 Å². The molecule has 0 atom stereocenters. The molecule has 2 nitrogen and oxygen atoms in total. The van der Waals surface area contributed by atoms with Gasteiger partial charge in [0.2, 0.25) is 0 Å². The third-order valence-corrected chi connectivity index (χ3v) is 15.9. The Morgan fingerprint density at radius 1 is 0.441 bits per heavy atom. The number of rotatable bonds is 14. The first-order valence-electron chi connectivity index (χ1n) is 13.2. The fourth-order valence-corrected chi connectivity index (χ4v) is 13.5. The van der Waals surface area contributed by atoms with E-state index in [1.807, 2.05) is 0 Å². The summed E-state index contributed by atoms with van der Waals surface area (Å²) >= 11 is 0. The minimum absolute atomic E-state index is 1.01. The molecule has 0 saturated carbocycles. The lowest BCUT2D eigenvalue weighted by Gasteiger charge is -2.35. The third-order valence-electron chi connectivity index (χ3n) is 6.67. The summed E-state index contributed by atoms with van der Waals surface area (Å²) in [5.74, 6) is 2.02. The molecule has 0 aliphatic rings. The van der Waals surface area contributed by atoms with Crippen molar-refractivity contribution in [3.8, 4) is 11.5 Å². The fourth-order valence-electron chi connectivity index (χ4n) is 5.27. The van der Waals surface area contributed by atoms with Gasteiger partial charge in [0.05, 0.1) is 0 Å². The normalized spacial score (nSPS) is 11.9. The molecule has 0 saturated heterocycles. The predicted octanol–water partition coefficient (Wildman–Crippen LogP) is 7.79. The molecule has 0 aliphatic heterocycles. The molecular formula is C30H42O2Si2. The van der Waals surface area contributed by atoms with Crippen LogP contribution in [0.3, 0.4) is 0 Å². The van der Waals surface area contributed by atoms with E-state index in [1.54, 1.807) is 0 Å². The first-order valence-corrected chi connectivity index (χ1v) is 17.8. The smallest absolute Gasteiger partial charge is 0.282 e. The molecule has 0 bridgehead atoms. The summed E-state index contributed by atoms with van der Waals surface area (Å²) in [7, 11) is -4.26. The van der Waals surface area contributed by atoms with Crippen molar-refractivity contribution in [2.24, 2.45) is 0 Å². The van der Waals surface area contributed by atoms with Crippen molar-refractivity contribution < 1.29 is 8.85 Å². The molecule has 0 spiro atoms. The zero-order valence-corrected chi connectivity index (χ0v) is 23.6. The van der Waals surface area contributed by atoms with Crippen LogP contribution in [0.15, 0.2) is 84.9 Å². The van der Waals surface area contributed by atoms with Crippen LogP contribution < -0.4 is 19.2 Å². The highest BCUT2D eigenvalue weighted by Crippen LogP contribution is 2.27. The van der Waals surface area contributed by atoms with Crippen molar-refractivity contribution in [1.82, 2.24) is 0 Å². The van der Waals surface area contributed by atoms with Crippen LogP contribution in [0, 0.1) is 0 Å². The summed E-state index contributed by atoms with van der Waals surface area (Å²) in [6.45, 7) is 9.14. The Kier molecular flexibility index (Phi) is 10.0. The van der Waals surface area contributed by atoms with E-state index < -0.39 is 16.6 Å². The van der Waals surface area contributed by atoms with Crippen molar-refractivity contribution in [2.75, 3.05) is 0 Å². The molecule has 0 fully saturated rings. The summed E-state index contributed by atoms with van der Waals surface area (Å²) < 4.78 is 13.8. The monoisotopic (exact) mass is 490 g/mol. The zero-order chi connectivity index (χ0) is 24.3. The standard InChI is InChI=1S/C30H42O2Si2/c1-5-23-33(24-6-2,31-27-15-11-9-12-16-27)29-19-21-30(22-20-29)34(25-7-3,26-8-4)32-28-17-13-10-14-18-28/h9-22H,5-8,23-26H2,1-4H3. The summed E-state index contributed by atoms with van der Waals surface area (Å²) in [4.78, 5) is 0. The maximum atomic E-state index is 6.90. The molecule has 0 N–H and O–H groups in total. The Morgan fingerprint density at radius 2 is 0.735 bits per heavy atom. The highest BCUT2D eigenvalue weighted by atomic mass is 28.4. The van der Waals surface area contributed by atoms with Crippen molar-refractivity contribution in [1.29, 1.82) is 0 Å². The maximum Gasteiger partial charge on any atom is 0.282 e. The summed E-state index contributed by atoms with van der Waals surface area (Å²) in [6, 6.07) is 35.0. The molecule has 182 valence electrons. The molecule has 0 unspecified atom stereocenters. The van der Waals surface area contributed by atoms with Gasteiger partial charge in [0.15, 0.2) is 0 Å². The van der Waals surface area contributed by atoms with Crippen LogP contribution in [0.1, 0.15) is 53.4 Å². The summed E-state index contributed by atoms with van der Waals surface area (Å²) in [5, 5.41) is 2.83. The second-order valence-electron chi connectivity index (χ2n) is 9.40. The van der Waals surface area contributed by atoms with Crippen LogP contribution in [0.25, 0.3) is 0 Å². The van der Waals surface area contributed by atoms with Gasteiger partial charge in [-0.1, -0.05) is 114 Å². The maximum absolute atomic E-state index is 6.90. The van der Waals surface area contributed by atoms with E-state index in [0.29, 0.717) is 0 Å². The minimum atomic E-state index is -2.13. The molecule has 34 heavy (non-hydrogen) atoms. The fraction of sp³-hybridized carbons (Fsp3) is 0.400. The average Bonchev–Trinajstić information content (AvgIpc) is 2.86. The molecule has 3 aromatic carbocycles. The van der Waals surface area contributed by atoms with Crippen molar-refractivity contribution >= 4 is 27.0 Å². The zero-order valence-electron chi connectivity index (χ0n) is 21.6. The molecule has 4 heteroatoms. The van der Waals surface area contributed by atoms with Crippen molar-refractivity contribution in [3.05, 3.63) is 84.9 Å². The van der Waals surface area contributed by atoms with Crippen molar-refractivity contribution in [2.45, 2.75) is 77.6 Å². The Balaban J connectivity index is 2.00. The van der Waals surface area contributed by atoms with Gasteiger partial charge in [-0.15, -0.1) is 0 Å². The van der Waals surface area contributed by atoms with Crippen LogP contribution in [0.4, 0.5) is 0 Å². The summed E-state index contributed by atoms with van der Waals surface area (Å²) in [5.41, 5.74) is 0. The Hall–Kier alpha value is -2.31. The van der Waals surface area contributed by atoms with Crippen LogP contribution in [0.2, 0.25) is 24.2 Å². The molecule has 3 rings (SSSR count). The Labute approximate surface area is 209 Å². The lowest BCUT2D eigenvalue weighted by molar-refractivity contribution is 0.538. The topological polar surface area (TPSA) is 18.5 Å². The quantitative estimate of drug-likeness (QED) is 0.215. The summed E-state index contributed by atoms with van der Waals surface area (Å²) in [6.07, 6.45) is 4.56. The molecular weight excluding hydrogens is 449 g/mol. The lowest BCUT2D eigenvalue weighted by atomic mass is 10.3. The number of benzene rings is 3. The largest absolute Gasteiger partial charge is 0.539 e. The van der Waals surface area contributed by atoms with E-state index in [-0.39, 0.29) is 0 Å². The van der Waals surface area contributed by atoms with Gasteiger partial charge in [-0.3, -0.25) is 0 Å².